The van der Waals surface area contributed by atoms with E-state index in [0.717, 1.165) is 17.0 Å². The monoisotopic (exact) mass is 605 g/mol. The molecule has 11 heteroatoms. The van der Waals surface area contributed by atoms with Gasteiger partial charge in [0, 0.05) is 32.7 Å². The quantitative estimate of drug-likeness (QED) is 0.379. The van der Waals surface area contributed by atoms with Crippen molar-refractivity contribution in [3.8, 4) is 0 Å². The zero-order valence-electron chi connectivity index (χ0n) is 20.1. The number of nitrogens with zero attached hydrogens (tertiary/aromatic N) is 2. The molecular formula is C24H30BrCl2N3O4S. The van der Waals surface area contributed by atoms with Crippen LogP contribution in [0.25, 0.3) is 0 Å². The highest BCUT2D eigenvalue weighted by molar-refractivity contribution is 9.10. The molecule has 0 fully saturated rings. The van der Waals surface area contributed by atoms with Crippen molar-refractivity contribution in [1.82, 2.24) is 10.2 Å². The van der Waals surface area contributed by atoms with E-state index in [1.54, 1.807) is 49.4 Å². The maximum Gasteiger partial charge on any atom is 0.244 e. The molecular weight excluding hydrogens is 577 g/mol. The number of hydrogen-bond donors (Lipinski definition) is 1. The minimum absolute atomic E-state index is 0.0582. The number of anilines is 1. The third-order valence-corrected chi connectivity index (χ3v) is 8.08. The number of carbonyl (C=O) groups is 2. The summed E-state index contributed by atoms with van der Waals surface area (Å²) in [4.78, 5) is 28.2. The van der Waals surface area contributed by atoms with Crippen molar-refractivity contribution in [3.05, 3.63) is 62.5 Å². The maximum absolute atomic E-state index is 13.7. The Bertz CT molecular complexity index is 1140. The standard InChI is InChI=1S/C24H30BrCl2N3O4S/c1-5-16(3)28-24(32)21(6-2)29(14-17-19(26)11-9-12-20(17)27)23(31)15-30(35(4,33)34)22-13-8-7-10-18(22)25/h7-13,16,21H,5-6,14-15H2,1-4H3,(H,28,32)/t16-,21-/m0/s1. The van der Waals surface area contributed by atoms with Gasteiger partial charge in [-0.05, 0) is 60.0 Å². The first-order valence-electron chi connectivity index (χ1n) is 11.2. The SMILES string of the molecule is CC[C@H](C)NC(=O)[C@H](CC)N(Cc1c(Cl)cccc1Cl)C(=O)CN(c1ccccc1Br)S(C)(=O)=O. The molecule has 7 nitrogen and oxygen atoms in total. The van der Waals surface area contributed by atoms with E-state index in [0.29, 0.717) is 32.2 Å². The summed E-state index contributed by atoms with van der Waals surface area (Å²) < 4.78 is 26.9. The molecule has 0 spiro atoms. The van der Waals surface area contributed by atoms with Crippen molar-refractivity contribution in [2.75, 3.05) is 17.1 Å². The fraction of sp³-hybridized carbons (Fsp3) is 0.417. The summed E-state index contributed by atoms with van der Waals surface area (Å²) in [5.74, 6) is -0.890. The average molecular weight is 607 g/mol. The van der Waals surface area contributed by atoms with Gasteiger partial charge in [0.1, 0.15) is 12.6 Å². The normalized spacial score (nSPS) is 13.1. The zero-order valence-corrected chi connectivity index (χ0v) is 24.0. The van der Waals surface area contributed by atoms with Gasteiger partial charge < -0.3 is 10.2 Å². The Morgan fingerprint density at radius 3 is 2.14 bits per heavy atom. The third-order valence-electron chi connectivity index (χ3n) is 5.58. The van der Waals surface area contributed by atoms with Crippen molar-refractivity contribution in [2.24, 2.45) is 0 Å². The molecule has 0 saturated heterocycles. The second kappa shape index (κ2) is 12.9. The highest BCUT2D eigenvalue weighted by Crippen LogP contribution is 2.30. The van der Waals surface area contributed by atoms with E-state index < -0.39 is 28.5 Å². The largest absolute Gasteiger partial charge is 0.352 e. The predicted molar refractivity (Wildman–Crippen MR) is 145 cm³/mol. The molecule has 2 aromatic carbocycles. The van der Waals surface area contributed by atoms with Crippen LogP contribution in [0.4, 0.5) is 5.69 Å². The van der Waals surface area contributed by atoms with E-state index >= 15 is 0 Å². The summed E-state index contributed by atoms with van der Waals surface area (Å²) in [6, 6.07) is 10.7. The first-order chi connectivity index (χ1) is 16.4. The fourth-order valence-electron chi connectivity index (χ4n) is 3.46. The van der Waals surface area contributed by atoms with Gasteiger partial charge >= 0.3 is 0 Å². The van der Waals surface area contributed by atoms with E-state index in [9.17, 15) is 18.0 Å². The Labute approximate surface area is 225 Å². The lowest BCUT2D eigenvalue weighted by Gasteiger charge is -2.34. The van der Waals surface area contributed by atoms with Crippen LogP contribution in [0.5, 0.6) is 0 Å². The summed E-state index contributed by atoms with van der Waals surface area (Å²) in [6.07, 6.45) is 2.06. The highest BCUT2D eigenvalue weighted by Gasteiger charge is 2.33. The first kappa shape index (κ1) is 29.4. The van der Waals surface area contributed by atoms with Crippen LogP contribution in [-0.2, 0) is 26.2 Å². The van der Waals surface area contributed by atoms with Gasteiger partial charge in [0.25, 0.3) is 0 Å². The molecule has 0 aromatic heterocycles. The maximum atomic E-state index is 13.7. The van der Waals surface area contributed by atoms with Gasteiger partial charge in [0.15, 0.2) is 0 Å². The number of benzene rings is 2. The summed E-state index contributed by atoms with van der Waals surface area (Å²) in [7, 11) is -3.83. The molecule has 0 aliphatic rings. The second-order valence-electron chi connectivity index (χ2n) is 8.18. The fourth-order valence-corrected chi connectivity index (χ4v) is 5.46. The van der Waals surface area contributed by atoms with Gasteiger partial charge in [-0.25, -0.2) is 8.42 Å². The van der Waals surface area contributed by atoms with Gasteiger partial charge in [-0.3, -0.25) is 13.9 Å². The van der Waals surface area contributed by atoms with Crippen molar-refractivity contribution in [3.63, 3.8) is 0 Å². The molecule has 0 saturated carbocycles. The molecule has 0 unspecified atom stereocenters. The molecule has 2 atom stereocenters. The molecule has 2 amide bonds. The van der Waals surface area contributed by atoms with Gasteiger partial charge in [0.2, 0.25) is 21.8 Å². The highest BCUT2D eigenvalue weighted by atomic mass is 79.9. The van der Waals surface area contributed by atoms with Crippen LogP contribution in [0.2, 0.25) is 10.0 Å². The Kier molecular flexibility index (Phi) is 10.9. The second-order valence-corrected chi connectivity index (χ2v) is 11.8. The number of carbonyl (C=O) groups excluding carboxylic acids is 2. The van der Waals surface area contributed by atoms with Crippen LogP contribution >= 0.6 is 39.1 Å². The van der Waals surface area contributed by atoms with E-state index in [1.807, 2.05) is 13.8 Å². The van der Waals surface area contributed by atoms with Crippen LogP contribution in [-0.4, -0.2) is 50.0 Å². The minimum Gasteiger partial charge on any atom is -0.352 e. The van der Waals surface area contributed by atoms with Crippen molar-refractivity contribution >= 4 is 66.7 Å². The van der Waals surface area contributed by atoms with E-state index in [-0.39, 0.29) is 18.5 Å². The molecule has 2 aromatic rings. The van der Waals surface area contributed by atoms with Gasteiger partial charge in [0.05, 0.1) is 11.9 Å². The minimum atomic E-state index is -3.83. The summed E-state index contributed by atoms with van der Waals surface area (Å²) in [5, 5.41) is 3.61. The number of rotatable bonds is 11. The topological polar surface area (TPSA) is 86.8 Å². The first-order valence-corrected chi connectivity index (χ1v) is 14.5. The van der Waals surface area contributed by atoms with Crippen LogP contribution in [0.15, 0.2) is 46.9 Å². The Morgan fingerprint density at radius 2 is 1.63 bits per heavy atom. The van der Waals surface area contributed by atoms with Crippen LogP contribution in [0, 0.1) is 0 Å². The molecule has 0 radical (unpaired) electrons. The number of amides is 2. The smallest absolute Gasteiger partial charge is 0.244 e. The Hall–Kier alpha value is -1.81. The van der Waals surface area contributed by atoms with Crippen LogP contribution in [0.1, 0.15) is 39.2 Å². The molecule has 0 aliphatic carbocycles. The third kappa shape index (κ3) is 7.84. The van der Waals surface area contributed by atoms with Crippen molar-refractivity contribution in [1.29, 1.82) is 0 Å². The van der Waals surface area contributed by atoms with E-state index in [2.05, 4.69) is 21.2 Å². The lowest BCUT2D eigenvalue weighted by Crippen LogP contribution is -2.53. The van der Waals surface area contributed by atoms with Crippen LogP contribution in [0.3, 0.4) is 0 Å². The molecule has 0 bridgehead atoms. The Balaban J connectivity index is 2.52. The lowest BCUT2D eigenvalue weighted by atomic mass is 10.1. The van der Waals surface area contributed by atoms with Crippen molar-refractivity contribution in [2.45, 2.75) is 52.2 Å². The molecule has 192 valence electrons. The van der Waals surface area contributed by atoms with Crippen LogP contribution < -0.4 is 9.62 Å². The van der Waals surface area contributed by atoms with Gasteiger partial charge in [-0.1, -0.05) is 55.2 Å². The lowest BCUT2D eigenvalue weighted by molar-refractivity contribution is -0.140. The zero-order chi connectivity index (χ0) is 26.3. The number of para-hydroxylation sites is 1. The average Bonchev–Trinajstić information content (AvgIpc) is 2.78. The molecule has 2 rings (SSSR count). The Morgan fingerprint density at radius 1 is 1.03 bits per heavy atom. The van der Waals surface area contributed by atoms with Crippen molar-refractivity contribution < 1.29 is 18.0 Å². The molecule has 0 aliphatic heterocycles. The predicted octanol–water partition coefficient (Wildman–Crippen LogP) is 5.24. The van der Waals surface area contributed by atoms with E-state index in [1.165, 1.54) is 4.90 Å². The molecule has 1 N–H and O–H groups in total. The van der Waals surface area contributed by atoms with Gasteiger partial charge in [-0.15, -0.1) is 0 Å². The van der Waals surface area contributed by atoms with Gasteiger partial charge in [-0.2, -0.15) is 0 Å². The summed E-state index contributed by atoms with van der Waals surface area (Å²) in [5.41, 5.74) is 0.793. The number of nitrogens with one attached hydrogen (secondary N) is 1. The summed E-state index contributed by atoms with van der Waals surface area (Å²) >= 11 is 16.1. The number of sulfonamides is 1. The summed E-state index contributed by atoms with van der Waals surface area (Å²) in [6.45, 7) is 5.05. The number of halogens is 3. The molecule has 0 heterocycles. The van der Waals surface area contributed by atoms with E-state index in [4.69, 9.17) is 23.2 Å². The molecule has 35 heavy (non-hydrogen) atoms. The number of hydrogen-bond acceptors (Lipinski definition) is 4.